The van der Waals surface area contributed by atoms with Crippen molar-refractivity contribution in [1.29, 1.82) is 0 Å². The van der Waals surface area contributed by atoms with Gasteiger partial charge in [0.2, 0.25) is 5.91 Å². The molecular formula is C9H20N2O3S. The number of amides is 1. The minimum atomic E-state index is -3.05. The third-order valence-electron chi connectivity index (χ3n) is 2.09. The molecule has 0 aromatic heterocycles. The highest BCUT2D eigenvalue weighted by Crippen LogP contribution is 2.01. The summed E-state index contributed by atoms with van der Waals surface area (Å²) in [7, 11) is -3.05. The fraction of sp³-hybridized carbons (Fsp3) is 0.889. The van der Waals surface area contributed by atoms with Gasteiger partial charge >= 0.3 is 0 Å². The molecule has 5 nitrogen and oxygen atoms in total. The van der Waals surface area contributed by atoms with Crippen LogP contribution >= 0.6 is 0 Å². The third-order valence-corrected chi connectivity index (χ3v) is 3.20. The van der Waals surface area contributed by atoms with Gasteiger partial charge < -0.3 is 11.1 Å². The third kappa shape index (κ3) is 6.46. The van der Waals surface area contributed by atoms with Crippen LogP contribution in [-0.4, -0.2) is 38.9 Å². The van der Waals surface area contributed by atoms with E-state index >= 15 is 0 Å². The second-order valence-corrected chi connectivity index (χ2v) is 6.03. The molecule has 0 spiro atoms. The number of nitrogens with one attached hydrogen (secondary N) is 1. The van der Waals surface area contributed by atoms with Crippen LogP contribution in [0.2, 0.25) is 0 Å². The second-order valence-electron chi connectivity index (χ2n) is 3.84. The van der Waals surface area contributed by atoms with E-state index in [0.29, 0.717) is 6.42 Å². The number of carbonyl (C=O) groups excluding carboxylic acids is 1. The first-order chi connectivity index (χ1) is 6.80. The molecule has 0 radical (unpaired) electrons. The van der Waals surface area contributed by atoms with E-state index < -0.39 is 9.84 Å². The van der Waals surface area contributed by atoms with Crippen LogP contribution in [0.5, 0.6) is 0 Å². The molecule has 0 rings (SSSR count). The van der Waals surface area contributed by atoms with E-state index in [1.807, 2.05) is 6.92 Å². The number of rotatable bonds is 6. The number of hydrogen-bond donors (Lipinski definition) is 2. The Hall–Kier alpha value is -0.620. The van der Waals surface area contributed by atoms with Crippen molar-refractivity contribution in [3.05, 3.63) is 0 Å². The minimum absolute atomic E-state index is 0.0419. The summed E-state index contributed by atoms with van der Waals surface area (Å²) >= 11 is 0. The molecule has 0 heterocycles. The Kier molecular flexibility index (Phi) is 5.82. The van der Waals surface area contributed by atoms with Crippen molar-refractivity contribution >= 4 is 15.7 Å². The molecule has 0 saturated carbocycles. The number of hydrogen-bond acceptors (Lipinski definition) is 4. The van der Waals surface area contributed by atoms with Crippen molar-refractivity contribution in [1.82, 2.24) is 5.32 Å². The van der Waals surface area contributed by atoms with E-state index in [1.165, 1.54) is 0 Å². The zero-order chi connectivity index (χ0) is 12.1. The van der Waals surface area contributed by atoms with Gasteiger partial charge in [-0.2, -0.15) is 0 Å². The maximum absolute atomic E-state index is 11.5. The van der Waals surface area contributed by atoms with Crippen LogP contribution in [0.3, 0.4) is 0 Å². The zero-order valence-electron chi connectivity index (χ0n) is 9.49. The van der Waals surface area contributed by atoms with Crippen LogP contribution in [0.1, 0.15) is 20.3 Å². The van der Waals surface area contributed by atoms with Gasteiger partial charge in [0, 0.05) is 24.8 Å². The topological polar surface area (TPSA) is 89.3 Å². The Bertz CT molecular complexity index is 296. The van der Waals surface area contributed by atoms with E-state index in [4.69, 9.17) is 5.73 Å². The Balaban J connectivity index is 4.18. The molecule has 2 atom stereocenters. The summed E-state index contributed by atoms with van der Waals surface area (Å²) in [6, 6.07) is -0.368. The van der Waals surface area contributed by atoms with Gasteiger partial charge in [-0.3, -0.25) is 4.79 Å². The normalized spacial score (nSPS) is 15.7. The fourth-order valence-corrected chi connectivity index (χ4v) is 2.31. The standard InChI is InChI=1S/C9H20N2O3S/c1-4-8(5-10)9(12)11-7(2)6-15(3,13)14/h7-8H,4-6,10H2,1-3H3,(H,11,12). The Labute approximate surface area is 91.3 Å². The van der Waals surface area contributed by atoms with Crippen molar-refractivity contribution in [2.24, 2.45) is 11.7 Å². The van der Waals surface area contributed by atoms with Crippen LogP contribution in [0.15, 0.2) is 0 Å². The minimum Gasteiger partial charge on any atom is -0.352 e. The van der Waals surface area contributed by atoms with Gasteiger partial charge in [-0.15, -0.1) is 0 Å². The molecule has 90 valence electrons. The molecule has 15 heavy (non-hydrogen) atoms. The first kappa shape index (κ1) is 14.4. The summed E-state index contributed by atoms with van der Waals surface area (Å²) in [6.45, 7) is 3.83. The fourth-order valence-electron chi connectivity index (χ4n) is 1.32. The van der Waals surface area contributed by atoms with Gasteiger partial charge in [0.25, 0.3) is 0 Å². The van der Waals surface area contributed by atoms with Crippen molar-refractivity contribution in [2.75, 3.05) is 18.6 Å². The molecule has 0 aromatic carbocycles. The predicted octanol–water partition coefficient (Wildman–Crippen LogP) is -0.479. The van der Waals surface area contributed by atoms with Crippen molar-refractivity contribution in [2.45, 2.75) is 26.3 Å². The van der Waals surface area contributed by atoms with Crippen LogP contribution in [0, 0.1) is 5.92 Å². The quantitative estimate of drug-likeness (QED) is 0.652. The number of sulfone groups is 1. The van der Waals surface area contributed by atoms with E-state index in [2.05, 4.69) is 5.32 Å². The second kappa shape index (κ2) is 6.07. The van der Waals surface area contributed by atoms with E-state index in [0.717, 1.165) is 6.26 Å². The van der Waals surface area contributed by atoms with Crippen molar-refractivity contribution < 1.29 is 13.2 Å². The highest BCUT2D eigenvalue weighted by Gasteiger charge is 2.18. The number of carbonyl (C=O) groups is 1. The SMILES string of the molecule is CCC(CN)C(=O)NC(C)CS(C)(=O)=O. The Morgan fingerprint density at radius 1 is 1.47 bits per heavy atom. The van der Waals surface area contributed by atoms with Gasteiger partial charge in [0.05, 0.1) is 5.75 Å². The van der Waals surface area contributed by atoms with Crippen LogP contribution < -0.4 is 11.1 Å². The maximum atomic E-state index is 11.5. The molecular weight excluding hydrogens is 216 g/mol. The summed E-state index contributed by atoms with van der Waals surface area (Å²) in [4.78, 5) is 11.5. The van der Waals surface area contributed by atoms with Crippen LogP contribution in [0.4, 0.5) is 0 Å². The van der Waals surface area contributed by atoms with Crippen LogP contribution in [0.25, 0.3) is 0 Å². The molecule has 0 aliphatic carbocycles. The molecule has 0 bridgehead atoms. The van der Waals surface area contributed by atoms with Gasteiger partial charge in [0.1, 0.15) is 9.84 Å². The smallest absolute Gasteiger partial charge is 0.224 e. The molecule has 0 fully saturated rings. The van der Waals surface area contributed by atoms with Crippen molar-refractivity contribution in [3.63, 3.8) is 0 Å². The lowest BCUT2D eigenvalue weighted by Gasteiger charge is -2.17. The molecule has 0 aliphatic rings. The summed E-state index contributed by atoms with van der Waals surface area (Å²) in [5, 5.41) is 2.64. The summed E-state index contributed by atoms with van der Waals surface area (Å²) < 4.78 is 21.9. The predicted molar refractivity (Wildman–Crippen MR) is 60.2 cm³/mol. The lowest BCUT2D eigenvalue weighted by molar-refractivity contribution is -0.125. The van der Waals surface area contributed by atoms with E-state index in [9.17, 15) is 13.2 Å². The van der Waals surface area contributed by atoms with E-state index in [-0.39, 0.29) is 30.2 Å². The van der Waals surface area contributed by atoms with Gasteiger partial charge in [-0.1, -0.05) is 6.92 Å². The molecule has 0 saturated heterocycles. The molecule has 0 aromatic rings. The molecule has 6 heteroatoms. The van der Waals surface area contributed by atoms with Gasteiger partial charge in [-0.25, -0.2) is 8.42 Å². The Morgan fingerprint density at radius 2 is 2.00 bits per heavy atom. The first-order valence-corrected chi connectivity index (χ1v) is 7.04. The summed E-state index contributed by atoms with van der Waals surface area (Å²) in [5.74, 6) is -0.442. The highest BCUT2D eigenvalue weighted by atomic mass is 32.2. The largest absolute Gasteiger partial charge is 0.352 e. The number of nitrogens with two attached hydrogens (primary N) is 1. The van der Waals surface area contributed by atoms with E-state index in [1.54, 1.807) is 6.92 Å². The zero-order valence-corrected chi connectivity index (χ0v) is 10.3. The Morgan fingerprint density at radius 3 is 2.33 bits per heavy atom. The molecule has 1 amide bonds. The molecule has 0 aliphatic heterocycles. The lowest BCUT2D eigenvalue weighted by atomic mass is 10.1. The lowest BCUT2D eigenvalue weighted by Crippen LogP contribution is -2.42. The summed E-state index contributed by atoms with van der Waals surface area (Å²) in [6.07, 6.45) is 1.81. The first-order valence-electron chi connectivity index (χ1n) is 4.98. The van der Waals surface area contributed by atoms with Gasteiger partial charge in [-0.05, 0) is 13.3 Å². The average molecular weight is 236 g/mol. The monoisotopic (exact) mass is 236 g/mol. The summed E-state index contributed by atoms with van der Waals surface area (Å²) in [5.41, 5.74) is 5.41. The van der Waals surface area contributed by atoms with Crippen molar-refractivity contribution in [3.8, 4) is 0 Å². The van der Waals surface area contributed by atoms with Gasteiger partial charge in [0.15, 0.2) is 0 Å². The highest BCUT2D eigenvalue weighted by molar-refractivity contribution is 7.90. The molecule has 2 unspecified atom stereocenters. The molecule has 3 N–H and O–H groups in total. The maximum Gasteiger partial charge on any atom is 0.224 e. The van der Waals surface area contributed by atoms with Crippen LogP contribution in [-0.2, 0) is 14.6 Å². The average Bonchev–Trinajstić information content (AvgIpc) is 2.02.